The molecule has 0 amide bonds. The molecule has 0 atom stereocenters. The van der Waals surface area contributed by atoms with Crippen LogP contribution in [0, 0.1) is 6.92 Å². The Balaban J connectivity index is 2.07. The van der Waals surface area contributed by atoms with Crippen molar-refractivity contribution in [3.8, 4) is 0 Å². The SMILES string of the molecule is CSc1ccccc1NCc1occc1C. The van der Waals surface area contributed by atoms with Crippen molar-refractivity contribution < 1.29 is 4.42 Å². The van der Waals surface area contributed by atoms with E-state index in [0.717, 1.165) is 18.0 Å². The fraction of sp³-hybridized carbons (Fsp3) is 0.231. The predicted molar refractivity (Wildman–Crippen MR) is 69.0 cm³/mol. The summed E-state index contributed by atoms with van der Waals surface area (Å²) in [5.41, 5.74) is 2.35. The number of hydrogen-bond acceptors (Lipinski definition) is 3. The van der Waals surface area contributed by atoms with E-state index < -0.39 is 0 Å². The van der Waals surface area contributed by atoms with Gasteiger partial charge >= 0.3 is 0 Å². The third kappa shape index (κ3) is 2.42. The molecule has 1 heterocycles. The second-order valence-corrected chi connectivity index (χ2v) is 4.43. The lowest BCUT2D eigenvalue weighted by molar-refractivity contribution is 0.515. The minimum atomic E-state index is 0.733. The average Bonchev–Trinajstić information content (AvgIpc) is 2.72. The lowest BCUT2D eigenvalue weighted by atomic mass is 10.2. The van der Waals surface area contributed by atoms with Crippen LogP contribution < -0.4 is 5.32 Å². The molecular formula is C13H15NOS. The Labute approximate surface area is 100 Å². The van der Waals surface area contributed by atoms with Gasteiger partial charge in [-0.2, -0.15) is 0 Å². The van der Waals surface area contributed by atoms with Gasteiger partial charge in [-0.1, -0.05) is 12.1 Å². The van der Waals surface area contributed by atoms with Crippen molar-refractivity contribution in [3.63, 3.8) is 0 Å². The number of thioether (sulfide) groups is 1. The molecule has 1 aromatic heterocycles. The zero-order chi connectivity index (χ0) is 11.4. The molecule has 0 saturated heterocycles. The maximum Gasteiger partial charge on any atom is 0.125 e. The summed E-state index contributed by atoms with van der Waals surface area (Å²) in [6.07, 6.45) is 3.81. The van der Waals surface area contributed by atoms with E-state index in [2.05, 4.69) is 36.7 Å². The van der Waals surface area contributed by atoms with Crippen LogP contribution in [0.4, 0.5) is 5.69 Å². The van der Waals surface area contributed by atoms with Gasteiger partial charge in [-0.15, -0.1) is 11.8 Å². The summed E-state index contributed by atoms with van der Waals surface area (Å²) in [5.74, 6) is 0.996. The molecule has 0 aliphatic heterocycles. The number of rotatable bonds is 4. The van der Waals surface area contributed by atoms with Crippen LogP contribution in [-0.2, 0) is 6.54 Å². The Bertz CT molecular complexity index is 464. The number of hydrogen-bond donors (Lipinski definition) is 1. The smallest absolute Gasteiger partial charge is 0.125 e. The first kappa shape index (κ1) is 11.1. The molecule has 0 spiro atoms. The summed E-state index contributed by atoms with van der Waals surface area (Å²) in [6.45, 7) is 2.79. The molecule has 1 N–H and O–H groups in total. The third-order valence-electron chi connectivity index (χ3n) is 2.51. The Morgan fingerprint density at radius 2 is 2.06 bits per heavy atom. The normalized spacial score (nSPS) is 10.4. The molecule has 16 heavy (non-hydrogen) atoms. The van der Waals surface area contributed by atoms with Gasteiger partial charge in [0.05, 0.1) is 12.8 Å². The number of aryl methyl sites for hydroxylation is 1. The predicted octanol–water partition coefficient (Wildman–Crippen LogP) is 3.92. The monoisotopic (exact) mass is 233 g/mol. The van der Waals surface area contributed by atoms with Crippen LogP contribution in [0.2, 0.25) is 0 Å². The van der Waals surface area contributed by atoms with Gasteiger partial charge in [0.15, 0.2) is 0 Å². The maximum atomic E-state index is 5.39. The highest BCUT2D eigenvalue weighted by Gasteiger charge is 2.03. The van der Waals surface area contributed by atoms with Gasteiger partial charge in [0, 0.05) is 10.6 Å². The van der Waals surface area contributed by atoms with Crippen molar-refractivity contribution in [1.82, 2.24) is 0 Å². The molecule has 0 bridgehead atoms. The van der Waals surface area contributed by atoms with Crippen LogP contribution in [0.5, 0.6) is 0 Å². The Kier molecular flexibility index (Phi) is 3.57. The maximum absolute atomic E-state index is 5.39. The minimum absolute atomic E-state index is 0.733. The zero-order valence-electron chi connectivity index (χ0n) is 9.49. The number of para-hydroxylation sites is 1. The minimum Gasteiger partial charge on any atom is -0.467 e. The topological polar surface area (TPSA) is 25.2 Å². The van der Waals surface area contributed by atoms with Crippen molar-refractivity contribution in [2.24, 2.45) is 0 Å². The van der Waals surface area contributed by atoms with Crippen molar-refractivity contribution in [2.75, 3.05) is 11.6 Å². The molecule has 2 rings (SSSR count). The van der Waals surface area contributed by atoms with Crippen LogP contribution >= 0.6 is 11.8 Å². The molecule has 0 radical (unpaired) electrons. The van der Waals surface area contributed by atoms with Crippen molar-refractivity contribution in [2.45, 2.75) is 18.4 Å². The molecule has 3 heteroatoms. The van der Waals surface area contributed by atoms with E-state index in [4.69, 9.17) is 4.42 Å². The van der Waals surface area contributed by atoms with E-state index in [-0.39, 0.29) is 0 Å². The van der Waals surface area contributed by atoms with Gasteiger partial charge in [0.1, 0.15) is 5.76 Å². The first-order valence-corrected chi connectivity index (χ1v) is 6.43. The highest BCUT2D eigenvalue weighted by Crippen LogP contribution is 2.25. The Hall–Kier alpha value is -1.35. The Morgan fingerprint density at radius 1 is 1.25 bits per heavy atom. The highest BCUT2D eigenvalue weighted by molar-refractivity contribution is 7.98. The number of anilines is 1. The van der Waals surface area contributed by atoms with Crippen molar-refractivity contribution in [1.29, 1.82) is 0 Å². The molecule has 1 aromatic carbocycles. The van der Waals surface area contributed by atoms with E-state index in [9.17, 15) is 0 Å². The molecule has 0 unspecified atom stereocenters. The van der Waals surface area contributed by atoms with Crippen LogP contribution in [0.15, 0.2) is 45.9 Å². The molecule has 84 valence electrons. The van der Waals surface area contributed by atoms with Crippen LogP contribution in [-0.4, -0.2) is 6.26 Å². The van der Waals surface area contributed by atoms with Crippen molar-refractivity contribution >= 4 is 17.4 Å². The molecule has 0 fully saturated rings. The molecule has 2 aromatic rings. The van der Waals surface area contributed by atoms with E-state index >= 15 is 0 Å². The van der Waals surface area contributed by atoms with Crippen molar-refractivity contribution in [3.05, 3.63) is 47.9 Å². The molecule has 0 aliphatic rings. The largest absolute Gasteiger partial charge is 0.467 e. The highest BCUT2D eigenvalue weighted by atomic mass is 32.2. The van der Waals surface area contributed by atoms with E-state index in [1.54, 1.807) is 18.0 Å². The first-order valence-electron chi connectivity index (χ1n) is 5.21. The molecule has 0 aliphatic carbocycles. The van der Waals surface area contributed by atoms with Gasteiger partial charge in [-0.3, -0.25) is 0 Å². The lowest BCUT2D eigenvalue weighted by Crippen LogP contribution is -2.00. The number of nitrogens with one attached hydrogen (secondary N) is 1. The summed E-state index contributed by atoms with van der Waals surface area (Å²) in [5, 5.41) is 3.39. The van der Waals surface area contributed by atoms with E-state index in [1.807, 2.05) is 12.1 Å². The summed E-state index contributed by atoms with van der Waals surface area (Å²) in [4.78, 5) is 1.26. The Morgan fingerprint density at radius 3 is 2.75 bits per heavy atom. The average molecular weight is 233 g/mol. The van der Waals surface area contributed by atoms with Gasteiger partial charge < -0.3 is 9.73 Å². The van der Waals surface area contributed by atoms with Crippen LogP contribution in [0.3, 0.4) is 0 Å². The van der Waals surface area contributed by atoms with E-state index in [0.29, 0.717) is 0 Å². The quantitative estimate of drug-likeness (QED) is 0.810. The van der Waals surface area contributed by atoms with Gasteiger partial charge in [0.25, 0.3) is 0 Å². The van der Waals surface area contributed by atoms with Gasteiger partial charge in [-0.05, 0) is 36.9 Å². The number of benzene rings is 1. The molecular weight excluding hydrogens is 218 g/mol. The molecule has 0 saturated carbocycles. The lowest BCUT2D eigenvalue weighted by Gasteiger charge is -2.09. The second-order valence-electron chi connectivity index (χ2n) is 3.58. The third-order valence-corrected chi connectivity index (χ3v) is 3.31. The first-order chi connectivity index (χ1) is 7.81. The number of furan rings is 1. The fourth-order valence-electron chi connectivity index (χ4n) is 1.55. The van der Waals surface area contributed by atoms with E-state index in [1.165, 1.54) is 10.5 Å². The molecule has 2 nitrogen and oxygen atoms in total. The van der Waals surface area contributed by atoms with Crippen LogP contribution in [0.1, 0.15) is 11.3 Å². The summed E-state index contributed by atoms with van der Waals surface area (Å²) in [6, 6.07) is 10.3. The van der Waals surface area contributed by atoms with Crippen LogP contribution in [0.25, 0.3) is 0 Å². The zero-order valence-corrected chi connectivity index (χ0v) is 10.3. The second kappa shape index (κ2) is 5.12. The van der Waals surface area contributed by atoms with Gasteiger partial charge in [0.2, 0.25) is 0 Å². The summed E-state index contributed by atoms with van der Waals surface area (Å²) in [7, 11) is 0. The summed E-state index contributed by atoms with van der Waals surface area (Å²) < 4.78 is 5.39. The van der Waals surface area contributed by atoms with Gasteiger partial charge in [-0.25, -0.2) is 0 Å². The standard InChI is InChI=1S/C13H15NOS/c1-10-7-8-15-12(10)9-14-11-5-3-4-6-13(11)16-2/h3-8,14H,9H2,1-2H3. The fourth-order valence-corrected chi connectivity index (χ4v) is 2.13. The summed E-state index contributed by atoms with van der Waals surface area (Å²) >= 11 is 1.74.